The second-order valence-corrected chi connectivity index (χ2v) is 4.58. The van der Waals surface area contributed by atoms with Crippen LogP contribution in [0.3, 0.4) is 0 Å². The highest BCUT2D eigenvalue weighted by Gasteiger charge is 2.23. The summed E-state index contributed by atoms with van der Waals surface area (Å²) in [6.07, 6.45) is 2.32. The minimum absolute atomic E-state index is 0.381. The molecule has 0 aliphatic carbocycles. The summed E-state index contributed by atoms with van der Waals surface area (Å²) >= 11 is 0. The maximum atomic E-state index is 5.37. The minimum atomic E-state index is 0.381. The van der Waals surface area contributed by atoms with Crippen molar-refractivity contribution in [1.29, 1.82) is 0 Å². The van der Waals surface area contributed by atoms with E-state index < -0.39 is 0 Å². The molecule has 2 aliphatic heterocycles. The van der Waals surface area contributed by atoms with Crippen LogP contribution in [-0.2, 0) is 4.74 Å². The van der Waals surface area contributed by atoms with Gasteiger partial charge in [0.25, 0.3) is 5.95 Å². The number of morpholine rings is 1. The molecule has 0 spiro atoms. The largest absolute Gasteiger partial charge is 0.378 e. The normalized spacial score (nSPS) is 26.1. The van der Waals surface area contributed by atoms with Gasteiger partial charge < -0.3 is 19.5 Å². The van der Waals surface area contributed by atoms with Crippen molar-refractivity contribution in [3.63, 3.8) is 0 Å². The Kier molecular flexibility index (Phi) is 3.24. The highest BCUT2D eigenvalue weighted by molar-refractivity contribution is 5.28. The molecular formula is C11H18N4O2. The van der Waals surface area contributed by atoms with Crippen LogP contribution < -0.4 is 10.2 Å². The summed E-state index contributed by atoms with van der Waals surface area (Å²) in [5.74, 6) is 1.87. The summed E-state index contributed by atoms with van der Waals surface area (Å²) in [6, 6.07) is 0. The number of nitrogens with one attached hydrogen (secondary N) is 1. The van der Waals surface area contributed by atoms with Crippen LogP contribution in [0.15, 0.2) is 4.52 Å². The van der Waals surface area contributed by atoms with E-state index in [-0.39, 0.29) is 0 Å². The molecule has 17 heavy (non-hydrogen) atoms. The molecule has 0 aromatic carbocycles. The van der Waals surface area contributed by atoms with Crippen LogP contribution in [0.1, 0.15) is 24.7 Å². The highest BCUT2D eigenvalue weighted by Crippen LogP contribution is 2.23. The van der Waals surface area contributed by atoms with Crippen molar-refractivity contribution in [2.45, 2.75) is 18.8 Å². The molecule has 1 atom stereocenters. The molecule has 6 heteroatoms. The fourth-order valence-corrected chi connectivity index (χ4v) is 2.35. The van der Waals surface area contributed by atoms with E-state index in [1.807, 2.05) is 0 Å². The molecule has 1 aromatic heterocycles. The van der Waals surface area contributed by atoms with Gasteiger partial charge in [-0.2, -0.15) is 4.98 Å². The van der Waals surface area contributed by atoms with E-state index in [4.69, 9.17) is 9.26 Å². The van der Waals surface area contributed by atoms with Crippen LogP contribution >= 0.6 is 0 Å². The summed E-state index contributed by atoms with van der Waals surface area (Å²) in [7, 11) is 0. The molecule has 2 fully saturated rings. The average molecular weight is 238 g/mol. The SMILES string of the molecule is C1CNC[C@@H](c2nc(N3CCOCC3)no2)C1. The maximum absolute atomic E-state index is 5.37. The van der Waals surface area contributed by atoms with Gasteiger partial charge in [-0.25, -0.2) is 0 Å². The van der Waals surface area contributed by atoms with Gasteiger partial charge in [0.15, 0.2) is 0 Å². The van der Waals surface area contributed by atoms with Gasteiger partial charge in [-0.05, 0) is 24.5 Å². The number of hydrogen-bond donors (Lipinski definition) is 1. The first-order chi connectivity index (χ1) is 8.43. The highest BCUT2D eigenvalue weighted by atomic mass is 16.5. The number of hydrogen-bond acceptors (Lipinski definition) is 6. The molecule has 2 saturated heterocycles. The van der Waals surface area contributed by atoms with E-state index in [1.54, 1.807) is 0 Å². The zero-order valence-corrected chi connectivity index (χ0v) is 9.89. The van der Waals surface area contributed by atoms with Crippen molar-refractivity contribution < 1.29 is 9.26 Å². The Balaban J connectivity index is 1.68. The van der Waals surface area contributed by atoms with Crippen molar-refractivity contribution in [2.24, 2.45) is 0 Å². The van der Waals surface area contributed by atoms with Crippen LogP contribution in [0, 0.1) is 0 Å². The monoisotopic (exact) mass is 238 g/mol. The lowest BCUT2D eigenvalue weighted by molar-refractivity contribution is 0.121. The molecule has 2 aliphatic rings. The maximum Gasteiger partial charge on any atom is 0.266 e. The summed E-state index contributed by atoms with van der Waals surface area (Å²) < 4.78 is 10.7. The predicted molar refractivity (Wildman–Crippen MR) is 62.2 cm³/mol. The van der Waals surface area contributed by atoms with Crippen LogP contribution in [0.25, 0.3) is 0 Å². The first-order valence-corrected chi connectivity index (χ1v) is 6.30. The average Bonchev–Trinajstić information content (AvgIpc) is 2.90. The Morgan fingerprint density at radius 2 is 2.18 bits per heavy atom. The van der Waals surface area contributed by atoms with E-state index >= 15 is 0 Å². The standard InChI is InChI=1S/C11H18N4O2/c1-2-9(8-12-3-1)10-13-11(14-17-10)15-4-6-16-7-5-15/h9,12H,1-8H2/t9-/m0/s1. The van der Waals surface area contributed by atoms with Crippen LogP contribution in [0.2, 0.25) is 0 Å². The van der Waals surface area contributed by atoms with E-state index in [2.05, 4.69) is 20.4 Å². The molecule has 1 aromatic rings. The summed E-state index contributed by atoms with van der Waals surface area (Å²) in [4.78, 5) is 6.63. The van der Waals surface area contributed by atoms with Crippen LogP contribution in [-0.4, -0.2) is 49.5 Å². The topological polar surface area (TPSA) is 63.4 Å². The zero-order chi connectivity index (χ0) is 11.5. The Bertz CT molecular complexity index is 324. The number of piperidine rings is 1. The van der Waals surface area contributed by atoms with E-state index in [1.165, 1.54) is 6.42 Å². The van der Waals surface area contributed by atoms with Gasteiger partial charge in [-0.3, -0.25) is 0 Å². The fraction of sp³-hybridized carbons (Fsp3) is 0.818. The third-order valence-corrected chi connectivity index (χ3v) is 3.37. The molecule has 3 heterocycles. The lowest BCUT2D eigenvalue weighted by atomic mass is 10.00. The molecule has 94 valence electrons. The molecule has 0 radical (unpaired) electrons. The molecule has 0 unspecified atom stereocenters. The van der Waals surface area contributed by atoms with Gasteiger partial charge >= 0.3 is 0 Å². The third kappa shape index (κ3) is 2.42. The Labute approximate surface area is 100 Å². The quantitative estimate of drug-likeness (QED) is 0.803. The van der Waals surface area contributed by atoms with Crippen molar-refractivity contribution in [1.82, 2.24) is 15.5 Å². The number of anilines is 1. The zero-order valence-electron chi connectivity index (χ0n) is 9.89. The summed E-state index contributed by atoms with van der Waals surface area (Å²) in [5, 5.41) is 7.43. The summed E-state index contributed by atoms with van der Waals surface area (Å²) in [5.41, 5.74) is 0. The number of rotatable bonds is 2. The molecule has 6 nitrogen and oxygen atoms in total. The number of ether oxygens (including phenoxy) is 1. The van der Waals surface area contributed by atoms with Crippen molar-refractivity contribution >= 4 is 5.95 Å². The second kappa shape index (κ2) is 5.01. The van der Waals surface area contributed by atoms with Gasteiger partial charge in [-0.1, -0.05) is 0 Å². The number of nitrogens with zero attached hydrogens (tertiary/aromatic N) is 3. The molecule has 3 rings (SSSR count). The number of aromatic nitrogens is 2. The molecule has 1 N–H and O–H groups in total. The molecular weight excluding hydrogens is 220 g/mol. The van der Waals surface area contributed by atoms with E-state index in [9.17, 15) is 0 Å². The molecule has 0 saturated carbocycles. The fourth-order valence-electron chi connectivity index (χ4n) is 2.35. The Hall–Kier alpha value is -1.14. The molecule has 0 bridgehead atoms. The van der Waals surface area contributed by atoms with E-state index in [0.717, 1.165) is 51.7 Å². The first kappa shape index (κ1) is 11.0. The van der Waals surface area contributed by atoms with Gasteiger partial charge in [0.1, 0.15) is 0 Å². The minimum Gasteiger partial charge on any atom is -0.378 e. The van der Waals surface area contributed by atoms with Crippen molar-refractivity contribution in [3.8, 4) is 0 Å². The smallest absolute Gasteiger partial charge is 0.266 e. The summed E-state index contributed by atoms with van der Waals surface area (Å²) in [6.45, 7) is 5.24. The van der Waals surface area contributed by atoms with Crippen LogP contribution in [0.4, 0.5) is 5.95 Å². The third-order valence-electron chi connectivity index (χ3n) is 3.37. The van der Waals surface area contributed by atoms with Crippen molar-refractivity contribution in [2.75, 3.05) is 44.3 Å². The van der Waals surface area contributed by atoms with Gasteiger partial charge in [0.05, 0.1) is 19.1 Å². The van der Waals surface area contributed by atoms with Gasteiger partial charge in [0.2, 0.25) is 5.89 Å². The Morgan fingerprint density at radius 1 is 1.29 bits per heavy atom. The second-order valence-electron chi connectivity index (χ2n) is 4.58. The first-order valence-electron chi connectivity index (χ1n) is 6.30. The van der Waals surface area contributed by atoms with Gasteiger partial charge in [-0.15, -0.1) is 0 Å². The molecule has 0 amide bonds. The Morgan fingerprint density at radius 3 is 2.94 bits per heavy atom. The lowest BCUT2D eigenvalue weighted by Gasteiger charge is -2.24. The van der Waals surface area contributed by atoms with Crippen LogP contribution in [0.5, 0.6) is 0 Å². The lowest BCUT2D eigenvalue weighted by Crippen LogP contribution is -2.37. The van der Waals surface area contributed by atoms with Gasteiger partial charge in [0, 0.05) is 19.6 Å². The predicted octanol–water partition coefficient (Wildman–Crippen LogP) is 0.373. The van der Waals surface area contributed by atoms with Crippen molar-refractivity contribution in [3.05, 3.63) is 5.89 Å². The van der Waals surface area contributed by atoms with E-state index in [0.29, 0.717) is 11.9 Å².